The second-order valence-corrected chi connectivity index (χ2v) is 2.88. The van der Waals surface area contributed by atoms with Crippen molar-refractivity contribution in [2.45, 2.75) is 0 Å². The predicted molar refractivity (Wildman–Crippen MR) is 51.4 cm³/mol. The lowest BCUT2D eigenvalue weighted by molar-refractivity contribution is 0.0996. The molecular formula is C8H9N3OS. The van der Waals surface area contributed by atoms with E-state index in [-0.39, 0.29) is 0 Å². The summed E-state index contributed by atoms with van der Waals surface area (Å²) in [5.74, 6) is -0.421. The Kier molecular flexibility index (Phi) is 3.72. The maximum Gasteiger partial charge on any atom is 0.265 e. The smallest absolute Gasteiger partial charge is 0.265 e. The molecule has 0 radical (unpaired) electrons. The molecule has 4 nitrogen and oxygen atoms in total. The number of amides is 1. The summed E-state index contributed by atoms with van der Waals surface area (Å²) in [6.45, 7) is 0. The van der Waals surface area contributed by atoms with E-state index in [9.17, 15) is 4.79 Å². The number of nitrogens with one attached hydrogen (secondary N) is 1. The number of nitrogens with two attached hydrogens (primary N) is 1. The fraction of sp³-hybridized carbons (Fsp3) is 0. The highest BCUT2D eigenvalue weighted by molar-refractivity contribution is 7.07. The van der Waals surface area contributed by atoms with Gasteiger partial charge in [0.1, 0.15) is 5.69 Å². The first kappa shape index (κ1) is 9.47. The minimum atomic E-state index is -0.421. The number of carbonyl (C=O) groups is 1. The third kappa shape index (κ3) is 3.53. The number of primary amides is 1. The minimum absolute atomic E-state index is 0.421. The lowest BCUT2D eigenvalue weighted by Crippen LogP contribution is -2.10. The second-order valence-electron chi connectivity index (χ2n) is 2.12. The molecular weight excluding hydrogens is 186 g/mol. The number of rotatable bonds is 1. The van der Waals surface area contributed by atoms with Crippen molar-refractivity contribution < 1.29 is 4.79 Å². The number of thiazole rings is 1. The Hall–Kier alpha value is -1.62. The molecule has 13 heavy (non-hydrogen) atoms. The molecule has 0 unspecified atom stereocenters. The van der Waals surface area contributed by atoms with Gasteiger partial charge in [-0.3, -0.25) is 9.78 Å². The number of carbonyl (C=O) groups excluding carboxylic acids is 1. The van der Waals surface area contributed by atoms with Gasteiger partial charge in [-0.05, 0) is 12.1 Å². The first-order valence-corrected chi connectivity index (χ1v) is 4.50. The maximum atomic E-state index is 10.3. The van der Waals surface area contributed by atoms with Crippen LogP contribution in [-0.4, -0.2) is 15.9 Å². The highest BCUT2D eigenvalue weighted by Crippen LogP contribution is 1.89. The second kappa shape index (κ2) is 5.10. The standard InChI is InChI=1S/C5H6N2O.C3H3NS/c6-5(8)4-2-1-3-7-4;1-2-5-3-4-1/h1-3,7H,(H2,6,8);1-3H. The number of aromatic amines is 1. The van der Waals surface area contributed by atoms with Crippen LogP contribution in [0.25, 0.3) is 0 Å². The van der Waals surface area contributed by atoms with Gasteiger partial charge in [0.2, 0.25) is 0 Å². The Balaban J connectivity index is 0.000000145. The molecule has 0 atom stereocenters. The van der Waals surface area contributed by atoms with E-state index in [1.807, 2.05) is 5.38 Å². The molecule has 3 N–H and O–H groups in total. The zero-order valence-electron chi connectivity index (χ0n) is 6.81. The average Bonchev–Trinajstić information content (AvgIpc) is 2.82. The number of aromatic nitrogens is 2. The van der Waals surface area contributed by atoms with Crippen LogP contribution in [0.4, 0.5) is 0 Å². The van der Waals surface area contributed by atoms with Gasteiger partial charge in [-0.15, -0.1) is 11.3 Å². The molecule has 2 aromatic rings. The molecule has 0 spiro atoms. The quantitative estimate of drug-likeness (QED) is 0.719. The molecule has 0 aromatic carbocycles. The zero-order valence-corrected chi connectivity index (χ0v) is 7.62. The van der Waals surface area contributed by atoms with Gasteiger partial charge in [0.25, 0.3) is 5.91 Å². The maximum absolute atomic E-state index is 10.3. The van der Waals surface area contributed by atoms with Gasteiger partial charge in [0.05, 0.1) is 5.51 Å². The Morgan fingerprint density at radius 1 is 1.62 bits per heavy atom. The highest BCUT2D eigenvalue weighted by atomic mass is 32.1. The summed E-state index contributed by atoms with van der Waals surface area (Å²) in [5, 5.41) is 1.93. The van der Waals surface area contributed by atoms with Crippen LogP contribution in [0.15, 0.2) is 35.4 Å². The van der Waals surface area contributed by atoms with Gasteiger partial charge >= 0.3 is 0 Å². The van der Waals surface area contributed by atoms with Gasteiger partial charge < -0.3 is 10.7 Å². The van der Waals surface area contributed by atoms with Crippen molar-refractivity contribution in [1.29, 1.82) is 0 Å². The monoisotopic (exact) mass is 195 g/mol. The predicted octanol–water partition coefficient (Wildman–Crippen LogP) is 1.26. The normalized spacial score (nSPS) is 8.62. The van der Waals surface area contributed by atoms with Gasteiger partial charge in [0, 0.05) is 17.8 Å². The molecule has 0 bridgehead atoms. The fourth-order valence-electron chi connectivity index (χ4n) is 0.659. The average molecular weight is 195 g/mol. The summed E-state index contributed by atoms with van der Waals surface area (Å²) >= 11 is 1.60. The summed E-state index contributed by atoms with van der Waals surface area (Å²) in [4.78, 5) is 16.7. The molecule has 0 saturated heterocycles. The third-order valence-electron chi connectivity index (χ3n) is 1.21. The molecule has 5 heteroatoms. The van der Waals surface area contributed by atoms with Crippen molar-refractivity contribution in [2.24, 2.45) is 5.73 Å². The first-order valence-electron chi connectivity index (χ1n) is 3.56. The van der Waals surface area contributed by atoms with E-state index in [1.54, 1.807) is 41.4 Å². The summed E-state index contributed by atoms with van der Waals surface area (Å²) in [6, 6.07) is 3.35. The van der Waals surface area contributed by atoms with E-state index in [0.29, 0.717) is 5.69 Å². The number of hydrogen-bond acceptors (Lipinski definition) is 3. The first-order chi connectivity index (χ1) is 6.30. The lowest BCUT2D eigenvalue weighted by Gasteiger charge is -1.82. The van der Waals surface area contributed by atoms with Gasteiger partial charge in [-0.25, -0.2) is 0 Å². The Morgan fingerprint density at radius 3 is 2.69 bits per heavy atom. The topological polar surface area (TPSA) is 71.8 Å². The zero-order chi connectivity index (χ0) is 9.52. The van der Waals surface area contributed by atoms with E-state index in [0.717, 1.165) is 0 Å². The van der Waals surface area contributed by atoms with Crippen LogP contribution in [0.3, 0.4) is 0 Å². The van der Waals surface area contributed by atoms with E-state index in [2.05, 4.69) is 9.97 Å². The number of H-pyrrole nitrogens is 1. The number of hydrogen-bond donors (Lipinski definition) is 2. The SMILES string of the molecule is NC(=O)c1ccc[nH]1.c1cscn1. The summed E-state index contributed by atoms with van der Waals surface area (Å²) in [7, 11) is 0. The summed E-state index contributed by atoms with van der Waals surface area (Å²) in [6.07, 6.45) is 3.42. The van der Waals surface area contributed by atoms with E-state index in [4.69, 9.17) is 5.73 Å². The fourth-order valence-corrected chi connectivity index (χ4v) is 1.01. The summed E-state index contributed by atoms with van der Waals surface area (Å²) in [5.41, 5.74) is 7.13. The number of nitrogens with zero attached hydrogens (tertiary/aromatic N) is 1. The van der Waals surface area contributed by atoms with Crippen LogP contribution in [-0.2, 0) is 0 Å². The summed E-state index contributed by atoms with van der Waals surface area (Å²) < 4.78 is 0. The molecule has 2 rings (SSSR count). The minimum Gasteiger partial charge on any atom is -0.364 e. The van der Waals surface area contributed by atoms with E-state index in [1.165, 1.54) is 0 Å². The van der Waals surface area contributed by atoms with Crippen LogP contribution in [0.2, 0.25) is 0 Å². The van der Waals surface area contributed by atoms with E-state index < -0.39 is 5.91 Å². The Bertz CT molecular complexity index is 311. The third-order valence-corrected chi connectivity index (χ3v) is 1.73. The molecule has 1 amide bonds. The molecule has 2 aromatic heterocycles. The van der Waals surface area contributed by atoms with Crippen LogP contribution in [0, 0.1) is 0 Å². The molecule has 0 aliphatic rings. The van der Waals surface area contributed by atoms with Crippen molar-refractivity contribution in [1.82, 2.24) is 9.97 Å². The van der Waals surface area contributed by atoms with Crippen molar-refractivity contribution in [3.8, 4) is 0 Å². The highest BCUT2D eigenvalue weighted by Gasteiger charge is 1.95. The molecule has 2 heterocycles. The van der Waals surface area contributed by atoms with Crippen molar-refractivity contribution in [2.75, 3.05) is 0 Å². The molecule has 0 fully saturated rings. The molecule has 68 valence electrons. The van der Waals surface area contributed by atoms with Gasteiger partial charge in [-0.1, -0.05) is 0 Å². The largest absolute Gasteiger partial charge is 0.364 e. The van der Waals surface area contributed by atoms with Gasteiger partial charge in [0.15, 0.2) is 0 Å². The van der Waals surface area contributed by atoms with Gasteiger partial charge in [-0.2, -0.15) is 0 Å². The van der Waals surface area contributed by atoms with Crippen LogP contribution < -0.4 is 5.73 Å². The molecule has 0 aliphatic carbocycles. The van der Waals surface area contributed by atoms with Crippen LogP contribution >= 0.6 is 11.3 Å². The van der Waals surface area contributed by atoms with Crippen LogP contribution in [0.1, 0.15) is 10.5 Å². The Morgan fingerprint density at radius 2 is 2.46 bits per heavy atom. The van der Waals surface area contributed by atoms with Crippen molar-refractivity contribution >= 4 is 17.2 Å². The van der Waals surface area contributed by atoms with Crippen molar-refractivity contribution in [3.05, 3.63) is 41.1 Å². The van der Waals surface area contributed by atoms with Crippen LogP contribution in [0.5, 0.6) is 0 Å². The van der Waals surface area contributed by atoms with E-state index >= 15 is 0 Å². The Labute approximate surface area is 79.4 Å². The lowest BCUT2D eigenvalue weighted by atomic mass is 10.4. The van der Waals surface area contributed by atoms with Crippen molar-refractivity contribution in [3.63, 3.8) is 0 Å². The molecule has 0 aliphatic heterocycles. The molecule has 0 saturated carbocycles.